The summed E-state index contributed by atoms with van der Waals surface area (Å²) in [7, 11) is 0. The molecule has 0 amide bonds. The highest BCUT2D eigenvalue weighted by Gasteiger charge is 2.04. The quantitative estimate of drug-likeness (QED) is 0.744. The Morgan fingerprint density at radius 3 is 2.67 bits per heavy atom. The second kappa shape index (κ2) is 4.27. The van der Waals surface area contributed by atoms with Crippen LogP contribution in [0, 0.1) is 6.92 Å². The van der Waals surface area contributed by atoms with E-state index in [4.69, 9.17) is 5.73 Å². The van der Waals surface area contributed by atoms with Crippen molar-refractivity contribution >= 4 is 5.65 Å². The molecule has 0 spiro atoms. The molecule has 2 aromatic heterocycles. The van der Waals surface area contributed by atoms with Crippen LogP contribution in [0.3, 0.4) is 0 Å². The van der Waals surface area contributed by atoms with Gasteiger partial charge in [0.05, 0.1) is 5.69 Å². The lowest BCUT2D eigenvalue weighted by molar-refractivity contribution is 1.05. The Morgan fingerprint density at radius 1 is 1.17 bits per heavy atom. The van der Waals surface area contributed by atoms with E-state index in [9.17, 15) is 0 Å². The predicted octanol–water partition coefficient (Wildman–Crippen LogP) is 2.77. The average molecular weight is 237 g/mol. The Bertz CT molecular complexity index is 681. The van der Waals surface area contributed by atoms with E-state index in [1.54, 1.807) is 0 Å². The number of nitrogens with zero attached hydrogens (tertiary/aromatic N) is 2. The van der Waals surface area contributed by atoms with Crippen LogP contribution in [0.4, 0.5) is 0 Å². The van der Waals surface area contributed by atoms with Gasteiger partial charge in [-0.15, -0.1) is 0 Å². The predicted molar refractivity (Wildman–Crippen MR) is 73.3 cm³/mol. The van der Waals surface area contributed by atoms with Crippen molar-refractivity contribution in [3.05, 3.63) is 59.9 Å². The highest BCUT2D eigenvalue weighted by Crippen LogP contribution is 2.20. The van der Waals surface area contributed by atoms with E-state index in [-0.39, 0.29) is 0 Å². The van der Waals surface area contributed by atoms with Crippen molar-refractivity contribution in [1.29, 1.82) is 0 Å². The molecule has 0 radical (unpaired) electrons. The van der Waals surface area contributed by atoms with Crippen LogP contribution < -0.4 is 5.73 Å². The van der Waals surface area contributed by atoms with Gasteiger partial charge in [-0.25, -0.2) is 4.98 Å². The van der Waals surface area contributed by atoms with Gasteiger partial charge in [-0.2, -0.15) is 0 Å². The van der Waals surface area contributed by atoms with Crippen molar-refractivity contribution in [2.75, 3.05) is 0 Å². The minimum absolute atomic E-state index is 0.545. The highest BCUT2D eigenvalue weighted by molar-refractivity contribution is 5.63. The Hall–Kier alpha value is -2.13. The number of rotatable bonds is 2. The Morgan fingerprint density at radius 2 is 1.94 bits per heavy atom. The minimum atomic E-state index is 0.545. The number of fused-ring (bicyclic) bond motifs is 1. The summed E-state index contributed by atoms with van der Waals surface area (Å²) >= 11 is 0. The normalized spacial score (nSPS) is 11.0. The average Bonchev–Trinajstić information content (AvgIpc) is 2.82. The zero-order valence-corrected chi connectivity index (χ0v) is 10.3. The topological polar surface area (TPSA) is 43.3 Å². The zero-order valence-electron chi connectivity index (χ0n) is 10.3. The van der Waals surface area contributed by atoms with Crippen LogP contribution >= 0.6 is 0 Å². The monoisotopic (exact) mass is 237 g/mol. The molecule has 3 rings (SSSR count). The molecule has 18 heavy (non-hydrogen) atoms. The van der Waals surface area contributed by atoms with Gasteiger partial charge in [0.25, 0.3) is 0 Å². The van der Waals surface area contributed by atoms with Crippen molar-refractivity contribution in [2.45, 2.75) is 13.5 Å². The molecule has 0 aliphatic heterocycles. The summed E-state index contributed by atoms with van der Waals surface area (Å²) in [5, 5.41) is 0. The molecule has 2 N–H and O–H groups in total. The summed E-state index contributed by atoms with van der Waals surface area (Å²) in [4.78, 5) is 4.63. The smallest absolute Gasteiger partial charge is 0.137 e. The third-order valence-corrected chi connectivity index (χ3v) is 3.11. The van der Waals surface area contributed by atoms with Crippen molar-refractivity contribution in [2.24, 2.45) is 5.73 Å². The van der Waals surface area contributed by atoms with Crippen LogP contribution in [0.15, 0.2) is 48.8 Å². The minimum Gasteiger partial charge on any atom is -0.326 e. The maximum atomic E-state index is 5.64. The van der Waals surface area contributed by atoms with E-state index in [0.717, 1.165) is 22.5 Å². The fourth-order valence-corrected chi connectivity index (χ4v) is 2.01. The first-order chi connectivity index (χ1) is 8.76. The molecule has 3 aromatic rings. The number of pyridine rings is 1. The van der Waals surface area contributed by atoms with Gasteiger partial charge in [-0.1, -0.05) is 29.8 Å². The summed E-state index contributed by atoms with van der Waals surface area (Å²) in [5.74, 6) is 0. The second-order valence-electron chi connectivity index (χ2n) is 4.50. The maximum Gasteiger partial charge on any atom is 0.137 e. The van der Waals surface area contributed by atoms with Crippen LogP contribution in [-0.4, -0.2) is 9.38 Å². The summed E-state index contributed by atoms with van der Waals surface area (Å²) in [6.45, 7) is 2.63. The first-order valence-corrected chi connectivity index (χ1v) is 6.01. The molecule has 2 heterocycles. The van der Waals surface area contributed by atoms with Gasteiger partial charge in [0.15, 0.2) is 0 Å². The van der Waals surface area contributed by atoms with Gasteiger partial charge >= 0.3 is 0 Å². The molecular formula is C15H15N3. The molecule has 0 fully saturated rings. The van der Waals surface area contributed by atoms with Crippen LogP contribution in [0.5, 0.6) is 0 Å². The second-order valence-corrected chi connectivity index (χ2v) is 4.50. The van der Waals surface area contributed by atoms with Crippen LogP contribution in [-0.2, 0) is 6.54 Å². The largest absolute Gasteiger partial charge is 0.326 e. The maximum absolute atomic E-state index is 5.64. The SMILES string of the molecule is Cc1ccc(-c2cn3ccc(CN)cc3n2)cc1. The van der Waals surface area contributed by atoms with Crippen LogP contribution in [0.2, 0.25) is 0 Å². The number of benzene rings is 1. The van der Waals surface area contributed by atoms with Gasteiger partial charge in [-0.3, -0.25) is 0 Å². The van der Waals surface area contributed by atoms with Crippen molar-refractivity contribution in [3.8, 4) is 11.3 Å². The molecule has 90 valence electrons. The highest BCUT2D eigenvalue weighted by atomic mass is 15.0. The molecular weight excluding hydrogens is 222 g/mol. The number of imidazole rings is 1. The van der Waals surface area contributed by atoms with E-state index in [1.165, 1.54) is 5.56 Å². The van der Waals surface area contributed by atoms with Crippen molar-refractivity contribution in [3.63, 3.8) is 0 Å². The van der Waals surface area contributed by atoms with Gasteiger partial charge in [0.2, 0.25) is 0 Å². The zero-order chi connectivity index (χ0) is 12.5. The number of hydrogen-bond acceptors (Lipinski definition) is 2. The number of hydrogen-bond donors (Lipinski definition) is 1. The summed E-state index contributed by atoms with van der Waals surface area (Å²) in [5.41, 5.74) is 11.1. The lowest BCUT2D eigenvalue weighted by Crippen LogP contribution is -1.96. The fourth-order valence-electron chi connectivity index (χ4n) is 2.01. The molecule has 0 saturated carbocycles. The van der Waals surface area contributed by atoms with Crippen molar-refractivity contribution < 1.29 is 0 Å². The van der Waals surface area contributed by atoms with E-state index in [1.807, 2.05) is 28.9 Å². The molecule has 0 atom stereocenters. The van der Waals surface area contributed by atoms with Crippen LogP contribution in [0.1, 0.15) is 11.1 Å². The Kier molecular flexibility index (Phi) is 2.61. The summed E-state index contributed by atoms with van der Waals surface area (Å²) in [6, 6.07) is 12.4. The van der Waals surface area contributed by atoms with Gasteiger partial charge in [0, 0.05) is 24.5 Å². The molecule has 1 aromatic carbocycles. The molecule has 0 aliphatic carbocycles. The van der Waals surface area contributed by atoms with Crippen LogP contribution in [0.25, 0.3) is 16.9 Å². The lowest BCUT2D eigenvalue weighted by atomic mass is 10.1. The van der Waals surface area contributed by atoms with Gasteiger partial charge < -0.3 is 10.1 Å². The molecule has 0 unspecified atom stereocenters. The Labute approximate surface area is 106 Å². The molecule has 3 heteroatoms. The first-order valence-electron chi connectivity index (χ1n) is 6.01. The van der Waals surface area contributed by atoms with E-state index in [2.05, 4.69) is 36.2 Å². The summed E-state index contributed by atoms with van der Waals surface area (Å²) < 4.78 is 2.02. The summed E-state index contributed by atoms with van der Waals surface area (Å²) in [6.07, 6.45) is 4.04. The van der Waals surface area contributed by atoms with Gasteiger partial charge in [-0.05, 0) is 24.6 Å². The molecule has 0 saturated heterocycles. The van der Waals surface area contributed by atoms with E-state index < -0.39 is 0 Å². The molecule has 0 bridgehead atoms. The fraction of sp³-hybridized carbons (Fsp3) is 0.133. The van der Waals surface area contributed by atoms with Gasteiger partial charge in [0.1, 0.15) is 5.65 Å². The van der Waals surface area contributed by atoms with Crippen molar-refractivity contribution in [1.82, 2.24) is 9.38 Å². The standard InChI is InChI=1S/C15H15N3/c1-11-2-4-13(5-3-11)14-10-18-7-6-12(9-16)8-15(18)17-14/h2-8,10H,9,16H2,1H3. The molecule has 3 nitrogen and oxygen atoms in total. The number of nitrogens with two attached hydrogens (primary N) is 1. The number of aryl methyl sites for hydroxylation is 1. The van der Waals surface area contributed by atoms with E-state index >= 15 is 0 Å². The molecule has 0 aliphatic rings. The Balaban J connectivity index is 2.10. The number of aromatic nitrogens is 2. The van der Waals surface area contributed by atoms with E-state index in [0.29, 0.717) is 6.54 Å². The lowest BCUT2D eigenvalue weighted by Gasteiger charge is -1.96. The third kappa shape index (κ3) is 1.89. The third-order valence-electron chi connectivity index (χ3n) is 3.11. The first kappa shape index (κ1) is 11.0.